The highest BCUT2D eigenvalue weighted by Crippen LogP contribution is 2.28. The summed E-state index contributed by atoms with van der Waals surface area (Å²) in [6.07, 6.45) is 1.75. The van der Waals surface area contributed by atoms with Gasteiger partial charge in [-0.2, -0.15) is 4.68 Å². The van der Waals surface area contributed by atoms with E-state index in [1.54, 1.807) is 22.2 Å². The van der Waals surface area contributed by atoms with Crippen LogP contribution in [0.4, 0.5) is 0 Å². The lowest BCUT2D eigenvalue weighted by molar-refractivity contribution is 0.530. The molecule has 0 aliphatic carbocycles. The van der Waals surface area contributed by atoms with Crippen LogP contribution < -0.4 is 0 Å². The molecule has 0 saturated carbocycles. The van der Waals surface area contributed by atoms with E-state index >= 15 is 0 Å². The predicted molar refractivity (Wildman–Crippen MR) is 88.5 cm³/mol. The van der Waals surface area contributed by atoms with Crippen molar-refractivity contribution in [3.05, 3.63) is 59.9 Å². The third kappa shape index (κ3) is 3.03. The molecule has 4 rings (SSSR count). The number of rotatable bonds is 5. The molecule has 3 aromatic heterocycles. The maximum atomic E-state index is 5.77. The quantitative estimate of drug-likeness (QED) is 0.516. The molecular weight excluding hydrogens is 330 g/mol. The third-order valence-corrected chi connectivity index (χ3v) is 4.87. The number of oxazole rings is 1. The highest BCUT2D eigenvalue weighted by molar-refractivity contribution is 7.98. The molecule has 0 spiro atoms. The first-order chi connectivity index (χ1) is 11.4. The zero-order valence-corrected chi connectivity index (χ0v) is 13.5. The van der Waals surface area contributed by atoms with Gasteiger partial charge in [-0.05, 0) is 34.0 Å². The van der Waals surface area contributed by atoms with Gasteiger partial charge in [0.05, 0.1) is 22.5 Å². The average Bonchev–Trinajstić information content (AvgIpc) is 3.33. The van der Waals surface area contributed by atoms with E-state index in [-0.39, 0.29) is 0 Å². The fraction of sp³-hybridized carbons (Fsp3) is 0.0667. The van der Waals surface area contributed by atoms with E-state index in [1.165, 1.54) is 11.8 Å². The van der Waals surface area contributed by atoms with Gasteiger partial charge in [0.2, 0.25) is 11.0 Å². The summed E-state index contributed by atoms with van der Waals surface area (Å²) in [4.78, 5) is 5.39. The molecule has 6 nitrogen and oxygen atoms in total. The summed E-state index contributed by atoms with van der Waals surface area (Å²) in [5, 5.41) is 14.6. The first-order valence-electron chi connectivity index (χ1n) is 6.85. The number of para-hydroxylation sites is 1. The van der Waals surface area contributed by atoms with E-state index in [1.807, 2.05) is 47.8 Å². The topological polar surface area (TPSA) is 69.6 Å². The van der Waals surface area contributed by atoms with Crippen molar-refractivity contribution in [2.75, 3.05) is 0 Å². The SMILES string of the molecule is c1ccc(-n2nnnc2SCc2ncc(-c3cccs3)o2)cc1. The molecule has 3 heterocycles. The number of benzene rings is 1. The van der Waals surface area contributed by atoms with Crippen LogP contribution in [0, 0.1) is 0 Å². The van der Waals surface area contributed by atoms with Gasteiger partial charge in [-0.1, -0.05) is 36.0 Å². The maximum Gasteiger partial charge on any atom is 0.214 e. The van der Waals surface area contributed by atoms with Gasteiger partial charge in [0.15, 0.2) is 5.76 Å². The summed E-state index contributed by atoms with van der Waals surface area (Å²) in [6.45, 7) is 0. The standard InChI is InChI=1S/C15H11N5OS2/c1-2-5-11(6-3-1)20-15(17-18-19-20)23-10-14-16-9-12(21-14)13-7-4-8-22-13/h1-9H,10H2. The summed E-state index contributed by atoms with van der Waals surface area (Å²) >= 11 is 3.11. The van der Waals surface area contributed by atoms with Crippen LogP contribution in [0.3, 0.4) is 0 Å². The summed E-state index contributed by atoms with van der Waals surface area (Å²) in [5.41, 5.74) is 0.923. The Balaban J connectivity index is 1.49. The zero-order valence-electron chi connectivity index (χ0n) is 11.9. The van der Waals surface area contributed by atoms with Crippen LogP contribution in [0.25, 0.3) is 16.3 Å². The molecule has 0 atom stereocenters. The van der Waals surface area contributed by atoms with E-state index in [0.717, 1.165) is 16.3 Å². The predicted octanol–water partition coefficient (Wildman–Crippen LogP) is 3.67. The van der Waals surface area contributed by atoms with Gasteiger partial charge < -0.3 is 4.42 Å². The molecule has 4 aromatic rings. The minimum Gasteiger partial charge on any atom is -0.439 e. The highest BCUT2D eigenvalue weighted by Gasteiger charge is 2.12. The summed E-state index contributed by atoms with van der Waals surface area (Å²) in [5.74, 6) is 2.01. The largest absolute Gasteiger partial charge is 0.439 e. The van der Waals surface area contributed by atoms with Crippen LogP contribution >= 0.6 is 23.1 Å². The third-order valence-electron chi connectivity index (χ3n) is 3.08. The van der Waals surface area contributed by atoms with Gasteiger partial charge in [-0.25, -0.2) is 4.98 Å². The molecule has 0 aliphatic rings. The Kier molecular flexibility index (Phi) is 3.91. The van der Waals surface area contributed by atoms with Gasteiger partial charge in [0, 0.05) is 0 Å². The van der Waals surface area contributed by atoms with Gasteiger partial charge in [0.25, 0.3) is 0 Å². The Morgan fingerprint density at radius 3 is 2.87 bits per heavy atom. The zero-order chi connectivity index (χ0) is 15.5. The van der Waals surface area contributed by atoms with Crippen molar-refractivity contribution < 1.29 is 4.42 Å². The molecule has 0 amide bonds. The number of hydrogen-bond donors (Lipinski definition) is 0. The van der Waals surface area contributed by atoms with Crippen LogP contribution in [0.2, 0.25) is 0 Å². The fourth-order valence-corrected chi connectivity index (χ4v) is 3.45. The van der Waals surface area contributed by atoms with Crippen LogP contribution in [-0.4, -0.2) is 25.2 Å². The first kappa shape index (κ1) is 14.2. The normalized spacial score (nSPS) is 11.0. The van der Waals surface area contributed by atoms with Crippen molar-refractivity contribution in [3.8, 4) is 16.3 Å². The first-order valence-corrected chi connectivity index (χ1v) is 8.72. The van der Waals surface area contributed by atoms with E-state index in [2.05, 4.69) is 20.5 Å². The second-order valence-corrected chi connectivity index (χ2v) is 6.48. The summed E-state index contributed by atoms with van der Waals surface area (Å²) in [7, 11) is 0. The molecule has 0 bridgehead atoms. The van der Waals surface area contributed by atoms with Crippen molar-refractivity contribution in [1.82, 2.24) is 25.2 Å². The Bertz CT molecular complexity index is 886. The van der Waals surface area contributed by atoms with Crippen LogP contribution in [0.5, 0.6) is 0 Å². The van der Waals surface area contributed by atoms with Gasteiger partial charge >= 0.3 is 0 Å². The number of aromatic nitrogens is 5. The minimum absolute atomic E-state index is 0.568. The molecular formula is C15H11N5OS2. The smallest absolute Gasteiger partial charge is 0.214 e. The van der Waals surface area contributed by atoms with E-state index in [0.29, 0.717) is 16.8 Å². The highest BCUT2D eigenvalue weighted by atomic mass is 32.2. The van der Waals surface area contributed by atoms with Crippen molar-refractivity contribution in [3.63, 3.8) is 0 Å². The molecule has 1 aromatic carbocycles. The molecule has 0 saturated heterocycles. The van der Waals surface area contributed by atoms with E-state index in [9.17, 15) is 0 Å². The molecule has 0 fully saturated rings. The molecule has 23 heavy (non-hydrogen) atoms. The lowest BCUT2D eigenvalue weighted by Crippen LogP contribution is -1.98. The number of nitrogens with zero attached hydrogens (tertiary/aromatic N) is 5. The van der Waals surface area contributed by atoms with Gasteiger partial charge in [0.1, 0.15) is 0 Å². The van der Waals surface area contributed by atoms with E-state index in [4.69, 9.17) is 4.42 Å². The van der Waals surface area contributed by atoms with Gasteiger partial charge in [-0.15, -0.1) is 16.4 Å². The second-order valence-electron chi connectivity index (χ2n) is 4.59. The van der Waals surface area contributed by atoms with Crippen molar-refractivity contribution in [1.29, 1.82) is 0 Å². The van der Waals surface area contributed by atoms with Crippen LogP contribution in [0.1, 0.15) is 5.89 Å². The molecule has 0 N–H and O–H groups in total. The number of hydrogen-bond acceptors (Lipinski definition) is 7. The summed E-state index contributed by atoms with van der Waals surface area (Å²) < 4.78 is 7.47. The molecule has 0 aliphatic heterocycles. The van der Waals surface area contributed by atoms with Crippen LogP contribution in [-0.2, 0) is 5.75 Å². The van der Waals surface area contributed by atoms with Gasteiger partial charge in [-0.3, -0.25) is 0 Å². The number of tetrazole rings is 1. The average molecular weight is 341 g/mol. The van der Waals surface area contributed by atoms with Crippen molar-refractivity contribution in [2.45, 2.75) is 10.9 Å². The lowest BCUT2D eigenvalue weighted by Gasteiger charge is -2.02. The molecule has 114 valence electrons. The minimum atomic E-state index is 0.568. The van der Waals surface area contributed by atoms with Crippen molar-refractivity contribution in [2.24, 2.45) is 0 Å². The van der Waals surface area contributed by atoms with Crippen LogP contribution in [0.15, 0.2) is 63.6 Å². The Morgan fingerprint density at radius 2 is 2.04 bits per heavy atom. The molecule has 0 unspecified atom stereocenters. The van der Waals surface area contributed by atoms with E-state index < -0.39 is 0 Å². The lowest BCUT2D eigenvalue weighted by atomic mass is 10.3. The maximum absolute atomic E-state index is 5.77. The Labute approximate surface area is 140 Å². The molecule has 0 radical (unpaired) electrons. The number of thiophene rings is 1. The van der Waals surface area contributed by atoms with Crippen molar-refractivity contribution >= 4 is 23.1 Å². The summed E-state index contributed by atoms with van der Waals surface area (Å²) in [6, 6.07) is 13.8. The Hall–Kier alpha value is -2.45. The Morgan fingerprint density at radius 1 is 1.13 bits per heavy atom. The monoisotopic (exact) mass is 341 g/mol. The molecule has 8 heteroatoms. The number of thioether (sulfide) groups is 1. The fourth-order valence-electron chi connectivity index (χ4n) is 2.04. The second kappa shape index (κ2) is 6.35.